The van der Waals surface area contributed by atoms with Crippen molar-refractivity contribution in [2.24, 2.45) is 5.73 Å². The summed E-state index contributed by atoms with van der Waals surface area (Å²) in [5.41, 5.74) is 9.81. The van der Waals surface area contributed by atoms with Crippen LogP contribution in [0.25, 0.3) is 0 Å². The number of nitrogens with zero attached hydrogens (tertiary/aromatic N) is 1. The number of benzene rings is 1. The minimum atomic E-state index is 0.162. The maximum atomic E-state index is 6.05. The topological polar surface area (TPSA) is 29.3 Å². The van der Waals surface area contributed by atoms with Crippen molar-refractivity contribution >= 4 is 5.69 Å². The lowest BCUT2D eigenvalue weighted by atomic mass is 9.99. The monoisotopic (exact) mass is 192 g/mol. The Morgan fingerprint density at radius 1 is 1.36 bits per heavy atom. The molecule has 0 fully saturated rings. The van der Waals surface area contributed by atoms with E-state index in [0.717, 1.165) is 6.42 Å². The second kappa shape index (κ2) is 4.47. The molecule has 1 aromatic rings. The Hall–Kier alpha value is -1.02. The number of anilines is 1. The summed E-state index contributed by atoms with van der Waals surface area (Å²) in [7, 11) is 4.10. The molecular weight excluding hydrogens is 172 g/mol. The molecule has 1 aromatic carbocycles. The van der Waals surface area contributed by atoms with Crippen molar-refractivity contribution in [3.05, 3.63) is 29.3 Å². The third-order valence-electron chi connectivity index (χ3n) is 2.62. The van der Waals surface area contributed by atoms with Gasteiger partial charge in [0, 0.05) is 25.8 Å². The number of hydrogen-bond donors (Lipinski definition) is 1. The molecule has 2 heteroatoms. The Bertz CT molecular complexity index is 305. The fourth-order valence-corrected chi connectivity index (χ4v) is 1.53. The highest BCUT2D eigenvalue weighted by Gasteiger charge is 2.08. The van der Waals surface area contributed by atoms with Gasteiger partial charge >= 0.3 is 0 Å². The van der Waals surface area contributed by atoms with Crippen LogP contribution >= 0.6 is 0 Å². The molecule has 0 spiro atoms. The highest BCUT2D eigenvalue weighted by atomic mass is 15.1. The molecule has 1 atom stereocenters. The van der Waals surface area contributed by atoms with Crippen LogP contribution in [0.2, 0.25) is 0 Å². The molecule has 0 aliphatic rings. The van der Waals surface area contributed by atoms with Crippen molar-refractivity contribution in [2.75, 3.05) is 19.0 Å². The molecule has 14 heavy (non-hydrogen) atoms. The second-order valence-electron chi connectivity index (χ2n) is 3.95. The largest absolute Gasteiger partial charge is 0.378 e. The Morgan fingerprint density at radius 3 is 2.50 bits per heavy atom. The van der Waals surface area contributed by atoms with Crippen LogP contribution in [0.4, 0.5) is 5.69 Å². The van der Waals surface area contributed by atoms with Gasteiger partial charge in [0.05, 0.1) is 0 Å². The van der Waals surface area contributed by atoms with E-state index in [1.165, 1.54) is 16.8 Å². The van der Waals surface area contributed by atoms with Crippen molar-refractivity contribution in [2.45, 2.75) is 26.3 Å². The van der Waals surface area contributed by atoms with E-state index in [1.807, 2.05) is 14.1 Å². The van der Waals surface area contributed by atoms with Crippen LogP contribution < -0.4 is 10.6 Å². The normalized spacial score (nSPS) is 12.6. The molecule has 2 nitrogen and oxygen atoms in total. The third kappa shape index (κ3) is 2.26. The summed E-state index contributed by atoms with van der Waals surface area (Å²) < 4.78 is 0. The third-order valence-corrected chi connectivity index (χ3v) is 2.62. The van der Waals surface area contributed by atoms with E-state index in [-0.39, 0.29) is 6.04 Å². The van der Waals surface area contributed by atoms with Crippen LogP contribution in [0.3, 0.4) is 0 Å². The van der Waals surface area contributed by atoms with Crippen molar-refractivity contribution in [1.82, 2.24) is 0 Å². The first-order valence-corrected chi connectivity index (χ1v) is 5.09. The zero-order valence-electron chi connectivity index (χ0n) is 9.54. The number of nitrogens with two attached hydrogens (primary N) is 1. The summed E-state index contributed by atoms with van der Waals surface area (Å²) in [5, 5.41) is 0. The fraction of sp³-hybridized carbons (Fsp3) is 0.500. The first-order valence-electron chi connectivity index (χ1n) is 5.09. The van der Waals surface area contributed by atoms with Crippen LogP contribution in [0.15, 0.2) is 18.2 Å². The Kier molecular flexibility index (Phi) is 3.53. The average molecular weight is 192 g/mol. The fourth-order valence-electron chi connectivity index (χ4n) is 1.53. The van der Waals surface area contributed by atoms with Crippen LogP contribution in [0.1, 0.15) is 30.5 Å². The first kappa shape index (κ1) is 11.1. The lowest BCUT2D eigenvalue weighted by Gasteiger charge is -2.18. The summed E-state index contributed by atoms with van der Waals surface area (Å²) in [6.07, 6.45) is 0.984. The molecule has 78 valence electrons. The molecule has 0 saturated heterocycles. The summed E-state index contributed by atoms with van der Waals surface area (Å²) in [6, 6.07) is 6.61. The van der Waals surface area contributed by atoms with Gasteiger partial charge in [-0.25, -0.2) is 0 Å². The lowest BCUT2D eigenvalue weighted by molar-refractivity contribution is 0.694. The van der Waals surface area contributed by atoms with E-state index in [2.05, 4.69) is 36.9 Å². The van der Waals surface area contributed by atoms with Gasteiger partial charge in [-0.15, -0.1) is 0 Å². The minimum Gasteiger partial charge on any atom is -0.378 e. The maximum absolute atomic E-state index is 6.05. The minimum absolute atomic E-state index is 0.162. The smallest absolute Gasteiger partial charge is 0.0364 e. The molecule has 0 aliphatic heterocycles. The highest BCUT2D eigenvalue weighted by Crippen LogP contribution is 2.23. The SMILES string of the molecule is CCC(N)c1cc(N(C)C)ccc1C. The molecule has 0 amide bonds. The lowest BCUT2D eigenvalue weighted by Crippen LogP contribution is -2.13. The van der Waals surface area contributed by atoms with Gasteiger partial charge in [-0.3, -0.25) is 0 Å². The zero-order chi connectivity index (χ0) is 10.7. The zero-order valence-corrected chi connectivity index (χ0v) is 9.54. The molecule has 0 radical (unpaired) electrons. The summed E-state index contributed by atoms with van der Waals surface area (Å²) in [5.74, 6) is 0. The summed E-state index contributed by atoms with van der Waals surface area (Å²) in [6.45, 7) is 4.23. The number of rotatable bonds is 3. The molecular formula is C12H20N2. The highest BCUT2D eigenvalue weighted by molar-refractivity contribution is 5.50. The van der Waals surface area contributed by atoms with Gasteiger partial charge in [-0.1, -0.05) is 13.0 Å². The summed E-state index contributed by atoms with van der Waals surface area (Å²) in [4.78, 5) is 2.10. The van der Waals surface area contributed by atoms with E-state index >= 15 is 0 Å². The quantitative estimate of drug-likeness (QED) is 0.797. The molecule has 0 aromatic heterocycles. The van der Waals surface area contributed by atoms with Crippen LogP contribution in [0.5, 0.6) is 0 Å². The number of aryl methyl sites for hydroxylation is 1. The average Bonchev–Trinajstić information content (AvgIpc) is 2.17. The molecule has 0 saturated carbocycles. The van der Waals surface area contributed by atoms with E-state index in [0.29, 0.717) is 0 Å². The summed E-state index contributed by atoms with van der Waals surface area (Å²) >= 11 is 0. The second-order valence-corrected chi connectivity index (χ2v) is 3.95. The number of hydrogen-bond acceptors (Lipinski definition) is 2. The van der Waals surface area contributed by atoms with Crippen molar-refractivity contribution in [1.29, 1.82) is 0 Å². The molecule has 1 rings (SSSR count). The van der Waals surface area contributed by atoms with Gasteiger partial charge in [0.25, 0.3) is 0 Å². The van der Waals surface area contributed by atoms with Gasteiger partial charge in [0.15, 0.2) is 0 Å². The molecule has 1 unspecified atom stereocenters. The van der Waals surface area contributed by atoms with E-state index in [4.69, 9.17) is 5.73 Å². The molecule has 0 bridgehead atoms. The molecule has 2 N–H and O–H groups in total. The predicted molar refractivity (Wildman–Crippen MR) is 62.7 cm³/mol. The van der Waals surface area contributed by atoms with Crippen molar-refractivity contribution in [3.8, 4) is 0 Å². The van der Waals surface area contributed by atoms with Gasteiger partial charge in [0.2, 0.25) is 0 Å². The Labute approximate surface area is 86.7 Å². The first-order chi connectivity index (χ1) is 6.56. The standard InChI is InChI=1S/C12H20N2/c1-5-12(13)11-8-10(14(3)4)7-6-9(11)2/h6-8,12H,5,13H2,1-4H3. The predicted octanol–water partition coefficient (Wildman–Crippen LogP) is 2.47. The van der Waals surface area contributed by atoms with Gasteiger partial charge in [-0.2, -0.15) is 0 Å². The van der Waals surface area contributed by atoms with Gasteiger partial charge in [-0.05, 0) is 36.6 Å². The van der Waals surface area contributed by atoms with E-state index in [1.54, 1.807) is 0 Å². The molecule has 0 aliphatic carbocycles. The van der Waals surface area contributed by atoms with Crippen molar-refractivity contribution in [3.63, 3.8) is 0 Å². The van der Waals surface area contributed by atoms with Crippen LogP contribution in [-0.2, 0) is 0 Å². The van der Waals surface area contributed by atoms with Gasteiger partial charge < -0.3 is 10.6 Å². The van der Waals surface area contributed by atoms with Gasteiger partial charge in [0.1, 0.15) is 0 Å². The Morgan fingerprint density at radius 2 is 2.00 bits per heavy atom. The van der Waals surface area contributed by atoms with E-state index < -0.39 is 0 Å². The van der Waals surface area contributed by atoms with Crippen LogP contribution in [0, 0.1) is 6.92 Å². The van der Waals surface area contributed by atoms with E-state index in [9.17, 15) is 0 Å². The molecule has 0 heterocycles. The van der Waals surface area contributed by atoms with Crippen LogP contribution in [-0.4, -0.2) is 14.1 Å². The Balaban J connectivity index is 3.08. The van der Waals surface area contributed by atoms with Crippen molar-refractivity contribution < 1.29 is 0 Å². The maximum Gasteiger partial charge on any atom is 0.0364 e.